The zero-order valence-electron chi connectivity index (χ0n) is 15.6. The molecule has 0 aliphatic carbocycles. The number of quaternary nitrogens is 1. The first-order chi connectivity index (χ1) is 11.3. The lowest BCUT2D eigenvalue weighted by molar-refractivity contribution is -0.849. The second kappa shape index (κ2) is 14.0. The van der Waals surface area contributed by atoms with Gasteiger partial charge in [-0.1, -0.05) is 84.0 Å². The highest BCUT2D eigenvalue weighted by Gasteiger charge is 2.27. The van der Waals surface area contributed by atoms with Crippen LogP contribution in [0.25, 0.3) is 0 Å². The van der Waals surface area contributed by atoms with Crippen LogP contribution in [0.15, 0.2) is 4.99 Å². The molecule has 0 amide bonds. The first kappa shape index (κ1) is 20.6. The molecule has 0 fully saturated rings. The first-order valence-electron chi connectivity index (χ1n) is 10.3. The van der Waals surface area contributed by atoms with Crippen LogP contribution in [0.4, 0.5) is 0 Å². The lowest BCUT2D eigenvalue weighted by Gasteiger charge is -2.27. The van der Waals surface area contributed by atoms with Gasteiger partial charge in [0.1, 0.15) is 6.54 Å². The SMILES string of the molecule is CCCCCCCCCCCCCCCC[N+]1(CO)C=NCC1. The topological polar surface area (TPSA) is 32.6 Å². The Bertz CT molecular complexity index is 293. The van der Waals surface area contributed by atoms with Crippen molar-refractivity contribution in [2.75, 3.05) is 26.4 Å². The molecule has 0 aromatic rings. The largest absolute Gasteiger partial charge is 0.347 e. The van der Waals surface area contributed by atoms with Crippen molar-refractivity contribution in [2.24, 2.45) is 4.99 Å². The van der Waals surface area contributed by atoms with E-state index in [2.05, 4.69) is 11.9 Å². The molecule has 1 heterocycles. The number of nitrogens with zero attached hydrogens (tertiary/aromatic N) is 2. The Labute approximate surface area is 144 Å². The molecule has 136 valence electrons. The molecule has 1 aliphatic rings. The van der Waals surface area contributed by atoms with Crippen LogP contribution < -0.4 is 0 Å². The van der Waals surface area contributed by atoms with E-state index in [9.17, 15) is 5.11 Å². The summed E-state index contributed by atoms with van der Waals surface area (Å²) < 4.78 is 0.707. The van der Waals surface area contributed by atoms with E-state index in [1.54, 1.807) is 0 Å². The molecule has 23 heavy (non-hydrogen) atoms. The number of rotatable bonds is 16. The third-order valence-corrected chi connectivity index (χ3v) is 5.24. The summed E-state index contributed by atoms with van der Waals surface area (Å²) in [5.41, 5.74) is 0. The summed E-state index contributed by atoms with van der Waals surface area (Å²) in [7, 11) is 0. The Morgan fingerprint density at radius 3 is 1.65 bits per heavy atom. The lowest BCUT2D eigenvalue weighted by Crippen LogP contribution is -2.46. The van der Waals surface area contributed by atoms with E-state index in [4.69, 9.17) is 0 Å². The molecule has 1 unspecified atom stereocenters. The van der Waals surface area contributed by atoms with Crippen molar-refractivity contribution in [3.05, 3.63) is 0 Å². The summed E-state index contributed by atoms with van der Waals surface area (Å²) in [5.74, 6) is 0. The van der Waals surface area contributed by atoms with Crippen molar-refractivity contribution >= 4 is 6.34 Å². The number of aliphatic hydroxyl groups excluding tert-OH is 1. The van der Waals surface area contributed by atoms with Crippen LogP contribution in [0.3, 0.4) is 0 Å². The van der Waals surface area contributed by atoms with Gasteiger partial charge < -0.3 is 5.11 Å². The monoisotopic (exact) mass is 325 g/mol. The standard InChI is InChI=1S/C20H41N2O/c1-2-3-4-5-6-7-8-9-10-11-12-13-14-15-17-22(20-23)18-16-21-19-22/h19,23H,2-18,20H2,1H3/q+1. The predicted molar refractivity (Wildman–Crippen MR) is 101 cm³/mol. The van der Waals surface area contributed by atoms with Crippen molar-refractivity contribution in [2.45, 2.75) is 96.8 Å². The van der Waals surface area contributed by atoms with Crippen LogP contribution >= 0.6 is 0 Å². The summed E-state index contributed by atoms with van der Waals surface area (Å²) in [5, 5.41) is 9.50. The van der Waals surface area contributed by atoms with Gasteiger partial charge in [0.15, 0.2) is 13.1 Å². The Hall–Kier alpha value is -0.410. The average molecular weight is 326 g/mol. The molecular formula is C20H41N2O+. The Morgan fingerprint density at radius 2 is 1.26 bits per heavy atom. The van der Waals surface area contributed by atoms with Crippen molar-refractivity contribution in [3.8, 4) is 0 Å². The number of unbranched alkanes of at least 4 members (excludes halogenated alkanes) is 13. The van der Waals surface area contributed by atoms with E-state index in [0.717, 1.165) is 19.6 Å². The Kier molecular flexibility index (Phi) is 12.5. The normalized spacial score (nSPS) is 20.4. The highest BCUT2D eigenvalue weighted by molar-refractivity contribution is 5.47. The quantitative estimate of drug-likeness (QED) is 0.304. The maximum atomic E-state index is 9.50. The van der Waals surface area contributed by atoms with Crippen LogP contribution in [0.5, 0.6) is 0 Å². The molecule has 0 radical (unpaired) electrons. The van der Waals surface area contributed by atoms with Crippen LogP contribution in [0, 0.1) is 0 Å². The van der Waals surface area contributed by atoms with Crippen LogP contribution in [-0.2, 0) is 0 Å². The van der Waals surface area contributed by atoms with Gasteiger partial charge in [0.25, 0.3) is 0 Å². The third-order valence-electron chi connectivity index (χ3n) is 5.24. The molecule has 1 N–H and O–H groups in total. The predicted octanol–water partition coefficient (Wildman–Crippen LogP) is 5.28. The fourth-order valence-electron chi connectivity index (χ4n) is 3.51. The molecule has 3 heteroatoms. The maximum absolute atomic E-state index is 9.50. The molecule has 3 nitrogen and oxygen atoms in total. The number of aliphatic imine (C=N–C) groups is 1. The Morgan fingerprint density at radius 1 is 0.783 bits per heavy atom. The molecule has 0 saturated heterocycles. The zero-order chi connectivity index (χ0) is 16.6. The molecule has 0 aromatic carbocycles. The second-order valence-electron chi connectivity index (χ2n) is 7.43. The van der Waals surface area contributed by atoms with Crippen molar-refractivity contribution in [1.82, 2.24) is 0 Å². The van der Waals surface area contributed by atoms with Gasteiger partial charge in [-0.05, 0) is 12.8 Å². The van der Waals surface area contributed by atoms with Gasteiger partial charge in [-0.25, -0.2) is 4.99 Å². The van der Waals surface area contributed by atoms with Crippen molar-refractivity contribution < 1.29 is 9.59 Å². The van der Waals surface area contributed by atoms with Gasteiger partial charge in [-0.2, -0.15) is 0 Å². The van der Waals surface area contributed by atoms with Crippen LogP contribution in [-0.4, -0.2) is 42.3 Å². The van der Waals surface area contributed by atoms with E-state index in [-0.39, 0.29) is 6.73 Å². The minimum atomic E-state index is 0.224. The molecule has 0 spiro atoms. The highest BCUT2D eigenvalue weighted by atomic mass is 16.3. The van der Waals surface area contributed by atoms with E-state index >= 15 is 0 Å². The van der Waals surface area contributed by atoms with Crippen LogP contribution in [0.1, 0.15) is 96.8 Å². The lowest BCUT2D eigenvalue weighted by atomic mass is 10.0. The summed E-state index contributed by atoms with van der Waals surface area (Å²) in [4.78, 5) is 4.28. The van der Waals surface area contributed by atoms with Gasteiger partial charge in [0.05, 0.1) is 13.1 Å². The van der Waals surface area contributed by atoms with Gasteiger partial charge in [0.2, 0.25) is 0 Å². The van der Waals surface area contributed by atoms with Crippen LogP contribution in [0.2, 0.25) is 0 Å². The molecule has 1 rings (SSSR count). The van der Waals surface area contributed by atoms with Gasteiger partial charge in [-0.3, -0.25) is 4.48 Å². The van der Waals surface area contributed by atoms with Gasteiger partial charge in [-0.15, -0.1) is 0 Å². The summed E-state index contributed by atoms with van der Waals surface area (Å²) in [6, 6.07) is 0. The molecular weight excluding hydrogens is 284 g/mol. The van der Waals surface area contributed by atoms with E-state index in [0.29, 0.717) is 4.48 Å². The fourth-order valence-corrected chi connectivity index (χ4v) is 3.51. The molecule has 0 saturated carbocycles. The number of aliphatic hydroxyl groups is 1. The smallest absolute Gasteiger partial charge is 0.187 e. The second-order valence-corrected chi connectivity index (χ2v) is 7.43. The average Bonchev–Trinajstić information content (AvgIpc) is 3.04. The number of hydrogen-bond donors (Lipinski definition) is 1. The third kappa shape index (κ3) is 10.1. The minimum absolute atomic E-state index is 0.224. The molecule has 0 aromatic heterocycles. The van der Waals surface area contributed by atoms with E-state index < -0.39 is 0 Å². The highest BCUT2D eigenvalue weighted by Crippen LogP contribution is 2.15. The summed E-state index contributed by atoms with van der Waals surface area (Å²) in [6.07, 6.45) is 21.6. The zero-order valence-corrected chi connectivity index (χ0v) is 15.6. The summed E-state index contributed by atoms with van der Waals surface area (Å²) in [6.45, 7) is 5.46. The van der Waals surface area contributed by atoms with Gasteiger partial charge in [0, 0.05) is 0 Å². The molecule has 0 bridgehead atoms. The maximum Gasteiger partial charge on any atom is 0.187 e. The van der Waals surface area contributed by atoms with E-state index in [1.165, 1.54) is 89.9 Å². The molecule has 1 aliphatic heterocycles. The van der Waals surface area contributed by atoms with Crippen molar-refractivity contribution in [3.63, 3.8) is 0 Å². The summed E-state index contributed by atoms with van der Waals surface area (Å²) >= 11 is 0. The van der Waals surface area contributed by atoms with E-state index in [1.807, 2.05) is 6.34 Å². The minimum Gasteiger partial charge on any atom is -0.347 e. The molecule has 1 atom stereocenters. The van der Waals surface area contributed by atoms with Crippen molar-refractivity contribution in [1.29, 1.82) is 0 Å². The Balaban J connectivity index is 1.77. The fraction of sp³-hybridized carbons (Fsp3) is 0.950. The first-order valence-corrected chi connectivity index (χ1v) is 10.3. The number of hydrogen-bond acceptors (Lipinski definition) is 2. The van der Waals surface area contributed by atoms with Gasteiger partial charge >= 0.3 is 0 Å².